The van der Waals surface area contributed by atoms with Crippen LogP contribution in [0.25, 0.3) is 0 Å². The van der Waals surface area contributed by atoms with E-state index < -0.39 is 11.3 Å². The van der Waals surface area contributed by atoms with E-state index in [9.17, 15) is 14.9 Å². The highest BCUT2D eigenvalue weighted by Gasteiger charge is 2.61. The van der Waals surface area contributed by atoms with E-state index in [1.807, 2.05) is 53.1 Å². The molecular weight excluding hydrogens is 366 g/mol. The minimum Gasteiger partial charge on any atom is -0.383 e. The van der Waals surface area contributed by atoms with E-state index >= 15 is 0 Å². The summed E-state index contributed by atoms with van der Waals surface area (Å²) in [6, 6.07) is 7.77. The van der Waals surface area contributed by atoms with Crippen molar-refractivity contribution in [2.75, 3.05) is 19.4 Å². The van der Waals surface area contributed by atoms with Crippen LogP contribution in [0.1, 0.15) is 37.8 Å². The number of rotatable bonds is 1. The van der Waals surface area contributed by atoms with Gasteiger partial charge in [-0.05, 0) is 24.8 Å². The normalized spacial score (nSPS) is 25.3. The first kappa shape index (κ1) is 19.2. The summed E-state index contributed by atoms with van der Waals surface area (Å²) in [5.41, 5.74) is 8.07. The zero-order chi connectivity index (χ0) is 21.3. The van der Waals surface area contributed by atoms with Crippen molar-refractivity contribution in [1.82, 2.24) is 10.0 Å². The fraction of sp³-hybridized carbons (Fsp3) is 0.409. The smallest absolute Gasteiger partial charge is 0.245 e. The van der Waals surface area contributed by atoms with Gasteiger partial charge in [-0.25, -0.2) is 5.01 Å². The van der Waals surface area contributed by atoms with Crippen molar-refractivity contribution in [2.45, 2.75) is 39.0 Å². The average molecular weight is 391 g/mol. The van der Waals surface area contributed by atoms with Gasteiger partial charge < -0.3 is 11.1 Å². The highest BCUT2D eigenvalue weighted by atomic mass is 16.2. The Morgan fingerprint density at radius 1 is 1.24 bits per heavy atom. The Balaban J connectivity index is 2.16. The van der Waals surface area contributed by atoms with E-state index in [-0.39, 0.29) is 22.6 Å². The van der Waals surface area contributed by atoms with Crippen LogP contribution in [0.3, 0.4) is 0 Å². The molecule has 1 spiro atoms. The Bertz CT molecular complexity index is 1070. The number of Topliss-reactive ketones (excluding diaryl/α,β-unsaturated/α-hetero) is 1. The topological polar surface area (TPSA) is 102 Å². The van der Waals surface area contributed by atoms with Crippen molar-refractivity contribution >= 4 is 17.4 Å². The first-order valence-corrected chi connectivity index (χ1v) is 9.61. The molecule has 7 heteroatoms. The summed E-state index contributed by atoms with van der Waals surface area (Å²) < 4.78 is 0. The molecule has 1 aliphatic carbocycles. The lowest BCUT2D eigenvalue weighted by Gasteiger charge is -2.48. The van der Waals surface area contributed by atoms with Gasteiger partial charge in [0, 0.05) is 43.0 Å². The molecule has 1 aromatic rings. The van der Waals surface area contributed by atoms with Crippen LogP contribution >= 0.6 is 0 Å². The van der Waals surface area contributed by atoms with Crippen LogP contribution in [-0.4, -0.2) is 35.8 Å². The van der Waals surface area contributed by atoms with Gasteiger partial charge in [-0.2, -0.15) is 5.26 Å². The molecule has 4 rings (SSSR count). The molecular formula is C22H25N5O2. The van der Waals surface area contributed by atoms with Crippen LogP contribution in [0, 0.1) is 23.7 Å². The second-order valence-electron chi connectivity index (χ2n) is 9.05. The number of hydrogen-bond donors (Lipinski definition) is 2. The second kappa shape index (κ2) is 5.94. The fourth-order valence-corrected chi connectivity index (χ4v) is 4.97. The van der Waals surface area contributed by atoms with Crippen LogP contribution < -0.4 is 11.1 Å². The number of nitrogens with two attached hydrogens (primary N) is 1. The zero-order valence-electron chi connectivity index (χ0n) is 17.4. The number of hydrogen-bond acceptors (Lipinski definition) is 6. The van der Waals surface area contributed by atoms with E-state index in [0.29, 0.717) is 35.4 Å². The molecule has 0 radical (unpaired) electrons. The first-order chi connectivity index (χ1) is 13.5. The quantitative estimate of drug-likeness (QED) is 0.762. The molecule has 3 N–H and O–H groups in total. The summed E-state index contributed by atoms with van der Waals surface area (Å²) in [6.45, 7) is 5.98. The molecule has 0 aromatic heterocycles. The minimum absolute atomic E-state index is 0.0971. The number of nitrogens with one attached hydrogen (secondary N) is 1. The Morgan fingerprint density at radius 3 is 2.55 bits per heavy atom. The Morgan fingerprint density at radius 2 is 1.93 bits per heavy atom. The monoisotopic (exact) mass is 391 g/mol. The lowest BCUT2D eigenvalue weighted by atomic mass is 9.61. The van der Waals surface area contributed by atoms with E-state index in [4.69, 9.17) is 5.73 Å². The Kier molecular flexibility index (Phi) is 3.94. The van der Waals surface area contributed by atoms with E-state index in [1.54, 1.807) is 10.0 Å². The number of amides is 1. The van der Waals surface area contributed by atoms with Gasteiger partial charge in [-0.1, -0.05) is 31.5 Å². The maximum Gasteiger partial charge on any atom is 0.245 e. The van der Waals surface area contributed by atoms with Crippen LogP contribution in [0.2, 0.25) is 0 Å². The van der Waals surface area contributed by atoms with Gasteiger partial charge in [-0.15, -0.1) is 0 Å². The summed E-state index contributed by atoms with van der Waals surface area (Å²) in [6.07, 6.45) is 0.879. The van der Waals surface area contributed by atoms with Gasteiger partial charge in [0.05, 0.1) is 5.57 Å². The number of ketones is 1. The fourth-order valence-electron chi connectivity index (χ4n) is 4.97. The van der Waals surface area contributed by atoms with Gasteiger partial charge in [0.2, 0.25) is 5.91 Å². The number of allylic oxidation sites excluding steroid dienone is 1. The molecule has 0 saturated heterocycles. The predicted molar refractivity (Wildman–Crippen MR) is 109 cm³/mol. The number of nitriles is 1. The van der Waals surface area contributed by atoms with Crippen molar-refractivity contribution in [2.24, 2.45) is 11.1 Å². The lowest BCUT2D eigenvalue weighted by Crippen LogP contribution is -2.54. The number of fused-ring (bicyclic) bond motifs is 3. The second-order valence-corrected chi connectivity index (χ2v) is 9.05. The van der Waals surface area contributed by atoms with Crippen LogP contribution in [-0.2, 0) is 15.0 Å². The predicted octanol–water partition coefficient (Wildman–Crippen LogP) is 2.31. The van der Waals surface area contributed by atoms with Crippen LogP contribution in [0.5, 0.6) is 0 Å². The van der Waals surface area contributed by atoms with Gasteiger partial charge >= 0.3 is 0 Å². The molecule has 1 atom stereocenters. The molecule has 1 unspecified atom stereocenters. The summed E-state index contributed by atoms with van der Waals surface area (Å²) in [5, 5.41) is 16.5. The summed E-state index contributed by atoms with van der Waals surface area (Å²) in [5.74, 6) is -0.323. The number of nitrogens with zero attached hydrogens (tertiary/aromatic N) is 3. The van der Waals surface area contributed by atoms with E-state index in [1.165, 1.54) is 0 Å². The van der Waals surface area contributed by atoms with E-state index in [0.717, 1.165) is 5.56 Å². The molecule has 1 aromatic carbocycles. The number of benzene rings is 1. The molecule has 2 heterocycles. The van der Waals surface area contributed by atoms with Gasteiger partial charge in [-0.3, -0.25) is 14.6 Å². The van der Waals surface area contributed by atoms with Crippen molar-refractivity contribution < 1.29 is 9.59 Å². The maximum absolute atomic E-state index is 13.5. The Hall–Kier alpha value is -3.11. The third kappa shape index (κ3) is 2.39. The molecule has 1 amide bonds. The summed E-state index contributed by atoms with van der Waals surface area (Å²) in [4.78, 5) is 27.0. The molecule has 0 saturated carbocycles. The van der Waals surface area contributed by atoms with Gasteiger partial charge in [0.15, 0.2) is 5.78 Å². The lowest BCUT2D eigenvalue weighted by molar-refractivity contribution is -0.124. The van der Waals surface area contributed by atoms with Crippen molar-refractivity contribution in [1.29, 1.82) is 5.26 Å². The largest absolute Gasteiger partial charge is 0.383 e. The standard InChI is InChI=1S/C22H25N5O2/c1-12-6-7-15-13(8-12)22(20(29)25-15)14(11-23)19(24)27(26(4)5)16-9-21(2,3)10-17(28)18(16)22/h6-8H,9-10,24H2,1-5H3,(H,25,29). The van der Waals surface area contributed by atoms with Gasteiger partial charge in [0.1, 0.15) is 17.3 Å². The number of carbonyl (C=O) groups excluding carboxylic acids is 2. The Labute approximate surface area is 170 Å². The summed E-state index contributed by atoms with van der Waals surface area (Å²) in [7, 11) is 3.62. The van der Waals surface area contributed by atoms with Crippen molar-refractivity contribution in [3.8, 4) is 6.07 Å². The maximum atomic E-state index is 13.5. The molecule has 0 bridgehead atoms. The van der Waals surface area contributed by atoms with Gasteiger partial charge in [0.25, 0.3) is 0 Å². The van der Waals surface area contributed by atoms with Crippen molar-refractivity contribution in [3.05, 3.63) is 52.0 Å². The first-order valence-electron chi connectivity index (χ1n) is 9.61. The number of aryl methyl sites for hydroxylation is 1. The number of anilines is 1. The highest BCUT2D eigenvalue weighted by molar-refractivity contribution is 6.19. The minimum atomic E-state index is -1.50. The molecule has 3 aliphatic rings. The molecule has 29 heavy (non-hydrogen) atoms. The SMILES string of the molecule is Cc1ccc2c(c1)C1(C(=O)N2)C(C#N)=C(N)N(N(C)C)C2=C1C(=O)CC(C)(C)C2. The van der Waals surface area contributed by atoms with E-state index in [2.05, 4.69) is 11.4 Å². The molecule has 2 aliphatic heterocycles. The van der Waals surface area contributed by atoms with Crippen molar-refractivity contribution in [3.63, 3.8) is 0 Å². The third-order valence-corrected chi connectivity index (χ3v) is 6.02. The number of hydrazine groups is 1. The zero-order valence-corrected chi connectivity index (χ0v) is 17.4. The molecule has 7 nitrogen and oxygen atoms in total. The molecule has 150 valence electrons. The third-order valence-electron chi connectivity index (χ3n) is 6.02. The van der Waals surface area contributed by atoms with Crippen LogP contribution in [0.15, 0.2) is 40.9 Å². The molecule has 0 fully saturated rings. The summed E-state index contributed by atoms with van der Waals surface area (Å²) >= 11 is 0. The average Bonchev–Trinajstić information content (AvgIpc) is 2.86. The van der Waals surface area contributed by atoms with Crippen LogP contribution in [0.4, 0.5) is 5.69 Å². The number of carbonyl (C=O) groups is 2. The highest BCUT2D eigenvalue weighted by Crippen LogP contribution is 2.56.